The molecular weight excluding hydrogens is 294 g/mol. The molecule has 3 aromatic rings. The third-order valence-electron chi connectivity index (χ3n) is 4.95. The molecule has 0 saturated carbocycles. The van der Waals surface area contributed by atoms with E-state index in [9.17, 15) is 0 Å². The van der Waals surface area contributed by atoms with Crippen molar-refractivity contribution in [3.8, 4) is 0 Å². The Balaban J connectivity index is 1.92. The number of fused-ring (bicyclic) bond motifs is 3. The molecule has 4 rings (SSSR count). The number of nitrogens with zero attached hydrogens (tertiary/aromatic N) is 1. The van der Waals surface area contributed by atoms with Gasteiger partial charge in [-0.05, 0) is 44.9 Å². The lowest BCUT2D eigenvalue weighted by molar-refractivity contribution is -0.0618. The van der Waals surface area contributed by atoms with E-state index in [2.05, 4.69) is 86.9 Å². The molecule has 2 heterocycles. The molecule has 0 N–H and O–H groups in total. The van der Waals surface area contributed by atoms with Crippen molar-refractivity contribution in [2.45, 2.75) is 51.9 Å². The molecule has 0 saturated heterocycles. The second-order valence-corrected chi connectivity index (χ2v) is 7.78. The van der Waals surface area contributed by atoms with Crippen LogP contribution in [0.5, 0.6) is 0 Å². The molecule has 2 aromatic carbocycles. The number of para-hydroxylation sites is 1. The first-order valence-corrected chi connectivity index (χ1v) is 8.78. The highest BCUT2D eigenvalue weighted by atomic mass is 16.5. The fraction of sp³-hybridized carbons (Fsp3) is 0.364. The zero-order valence-electron chi connectivity index (χ0n) is 14.9. The molecule has 0 radical (unpaired) electrons. The molecule has 2 heteroatoms. The number of benzene rings is 2. The van der Waals surface area contributed by atoms with Gasteiger partial charge in [0.15, 0.2) is 0 Å². The van der Waals surface area contributed by atoms with E-state index in [0.29, 0.717) is 6.04 Å². The van der Waals surface area contributed by atoms with E-state index in [4.69, 9.17) is 4.74 Å². The SMILES string of the molecule is Cc1c2n(c3ccccc13)[C@@H](c1ccccc1)C[C@@H]2OC(C)(C)C. The van der Waals surface area contributed by atoms with Gasteiger partial charge in [0.1, 0.15) is 6.10 Å². The predicted octanol–water partition coefficient (Wildman–Crippen LogP) is 5.80. The third-order valence-corrected chi connectivity index (χ3v) is 4.95. The van der Waals surface area contributed by atoms with Crippen LogP contribution in [0.25, 0.3) is 10.9 Å². The molecule has 24 heavy (non-hydrogen) atoms. The van der Waals surface area contributed by atoms with Crippen molar-refractivity contribution in [2.75, 3.05) is 0 Å². The van der Waals surface area contributed by atoms with Gasteiger partial charge in [0.05, 0.1) is 17.3 Å². The lowest BCUT2D eigenvalue weighted by Gasteiger charge is -2.25. The maximum Gasteiger partial charge on any atom is 0.101 e. The molecule has 2 nitrogen and oxygen atoms in total. The van der Waals surface area contributed by atoms with Crippen LogP contribution in [-0.2, 0) is 4.74 Å². The first-order chi connectivity index (χ1) is 11.5. The molecule has 1 aromatic heterocycles. The average Bonchev–Trinajstić information content (AvgIpc) is 3.05. The largest absolute Gasteiger partial charge is 0.366 e. The molecule has 0 aliphatic carbocycles. The number of rotatable bonds is 2. The fourth-order valence-electron chi connectivity index (χ4n) is 4.09. The van der Waals surface area contributed by atoms with Gasteiger partial charge in [-0.15, -0.1) is 0 Å². The summed E-state index contributed by atoms with van der Waals surface area (Å²) in [5.41, 5.74) is 5.24. The van der Waals surface area contributed by atoms with Crippen LogP contribution in [0.3, 0.4) is 0 Å². The van der Waals surface area contributed by atoms with E-state index in [1.165, 1.54) is 27.7 Å². The van der Waals surface area contributed by atoms with Gasteiger partial charge < -0.3 is 9.30 Å². The number of hydrogen-bond donors (Lipinski definition) is 0. The summed E-state index contributed by atoms with van der Waals surface area (Å²) >= 11 is 0. The standard InChI is InChI=1S/C22H25NO/c1-15-17-12-8-9-13-18(17)23-19(16-10-6-5-7-11-16)14-20(21(15)23)24-22(2,3)4/h5-13,19-20H,14H2,1-4H3/t19-,20+/m1/s1. The van der Waals surface area contributed by atoms with Gasteiger partial charge in [-0.2, -0.15) is 0 Å². The number of aryl methyl sites for hydroxylation is 1. The quantitative estimate of drug-likeness (QED) is 0.582. The number of ether oxygens (including phenoxy) is 1. The van der Waals surface area contributed by atoms with Gasteiger partial charge in [-0.3, -0.25) is 0 Å². The molecule has 1 aliphatic rings. The summed E-state index contributed by atoms with van der Waals surface area (Å²) in [4.78, 5) is 0. The molecule has 0 bridgehead atoms. The zero-order chi connectivity index (χ0) is 16.9. The Morgan fingerprint density at radius 1 is 0.958 bits per heavy atom. The zero-order valence-corrected chi connectivity index (χ0v) is 14.9. The van der Waals surface area contributed by atoms with E-state index in [-0.39, 0.29) is 11.7 Å². The second kappa shape index (κ2) is 5.49. The molecule has 2 atom stereocenters. The highest BCUT2D eigenvalue weighted by Crippen LogP contribution is 2.47. The minimum Gasteiger partial charge on any atom is -0.366 e. The normalized spacial score (nSPS) is 20.5. The van der Waals surface area contributed by atoms with E-state index in [0.717, 1.165) is 6.42 Å². The number of aromatic nitrogens is 1. The first-order valence-electron chi connectivity index (χ1n) is 8.78. The van der Waals surface area contributed by atoms with Gasteiger partial charge in [0, 0.05) is 17.3 Å². The van der Waals surface area contributed by atoms with Gasteiger partial charge in [0.2, 0.25) is 0 Å². The second-order valence-electron chi connectivity index (χ2n) is 7.78. The van der Waals surface area contributed by atoms with Crippen LogP contribution in [0.1, 0.15) is 56.2 Å². The first kappa shape index (κ1) is 15.5. The highest BCUT2D eigenvalue weighted by Gasteiger charge is 2.37. The smallest absolute Gasteiger partial charge is 0.101 e. The van der Waals surface area contributed by atoms with Crippen molar-refractivity contribution in [3.05, 3.63) is 71.4 Å². The lowest BCUT2D eigenvalue weighted by Crippen LogP contribution is -2.22. The Hall–Kier alpha value is -2.06. The molecular formula is C22H25NO. The maximum absolute atomic E-state index is 6.47. The van der Waals surface area contributed by atoms with Crippen LogP contribution in [0.2, 0.25) is 0 Å². The molecule has 0 amide bonds. The predicted molar refractivity (Wildman–Crippen MR) is 99.5 cm³/mol. The Bertz CT molecular complexity index is 870. The minimum absolute atomic E-state index is 0.141. The molecule has 0 fully saturated rings. The van der Waals surface area contributed by atoms with Crippen molar-refractivity contribution in [1.82, 2.24) is 4.57 Å². The maximum atomic E-state index is 6.47. The van der Waals surface area contributed by atoms with Crippen LogP contribution in [0.15, 0.2) is 54.6 Å². The van der Waals surface area contributed by atoms with Crippen LogP contribution in [0.4, 0.5) is 0 Å². The van der Waals surface area contributed by atoms with Crippen molar-refractivity contribution < 1.29 is 4.74 Å². The van der Waals surface area contributed by atoms with Crippen molar-refractivity contribution in [1.29, 1.82) is 0 Å². The summed E-state index contributed by atoms with van der Waals surface area (Å²) in [6, 6.07) is 19.9. The number of hydrogen-bond acceptors (Lipinski definition) is 1. The van der Waals surface area contributed by atoms with Crippen molar-refractivity contribution >= 4 is 10.9 Å². The summed E-state index contributed by atoms with van der Waals surface area (Å²) in [5.74, 6) is 0. The Morgan fingerprint density at radius 2 is 1.62 bits per heavy atom. The van der Waals surface area contributed by atoms with Crippen LogP contribution >= 0.6 is 0 Å². The van der Waals surface area contributed by atoms with Crippen molar-refractivity contribution in [3.63, 3.8) is 0 Å². The van der Waals surface area contributed by atoms with E-state index in [1.807, 2.05) is 0 Å². The summed E-state index contributed by atoms with van der Waals surface area (Å²) in [6.45, 7) is 8.67. The van der Waals surface area contributed by atoms with E-state index >= 15 is 0 Å². The van der Waals surface area contributed by atoms with Crippen molar-refractivity contribution in [2.24, 2.45) is 0 Å². The van der Waals surface area contributed by atoms with E-state index < -0.39 is 0 Å². The van der Waals surface area contributed by atoms with Gasteiger partial charge >= 0.3 is 0 Å². The lowest BCUT2D eigenvalue weighted by atomic mass is 10.0. The Kier molecular flexibility index (Phi) is 3.54. The summed E-state index contributed by atoms with van der Waals surface area (Å²) in [5, 5.41) is 1.34. The fourth-order valence-corrected chi connectivity index (χ4v) is 4.09. The summed E-state index contributed by atoms with van der Waals surface area (Å²) in [7, 11) is 0. The Labute approximate surface area is 144 Å². The highest BCUT2D eigenvalue weighted by molar-refractivity contribution is 5.86. The molecule has 1 aliphatic heterocycles. The summed E-state index contributed by atoms with van der Waals surface area (Å²) < 4.78 is 8.98. The topological polar surface area (TPSA) is 14.2 Å². The van der Waals surface area contributed by atoms with Crippen LogP contribution < -0.4 is 0 Å². The third kappa shape index (κ3) is 2.46. The monoisotopic (exact) mass is 319 g/mol. The Morgan fingerprint density at radius 3 is 2.33 bits per heavy atom. The average molecular weight is 319 g/mol. The molecule has 124 valence electrons. The van der Waals surface area contributed by atoms with Crippen LogP contribution in [-0.4, -0.2) is 10.2 Å². The van der Waals surface area contributed by atoms with Gasteiger partial charge in [0.25, 0.3) is 0 Å². The summed E-state index contributed by atoms with van der Waals surface area (Å²) in [6.07, 6.45) is 1.14. The van der Waals surface area contributed by atoms with Crippen LogP contribution in [0, 0.1) is 6.92 Å². The van der Waals surface area contributed by atoms with Gasteiger partial charge in [-0.1, -0.05) is 48.5 Å². The van der Waals surface area contributed by atoms with Gasteiger partial charge in [-0.25, -0.2) is 0 Å². The molecule has 0 unspecified atom stereocenters. The molecule has 0 spiro atoms. The van der Waals surface area contributed by atoms with E-state index in [1.54, 1.807) is 0 Å². The minimum atomic E-state index is -0.149.